The number of hydrogen-bond donors (Lipinski definition) is 1. The highest BCUT2D eigenvalue weighted by atomic mass is 32.1. The SMILES string of the molecule is Nc1c(-c2nc(-c3ccccc3)cs2)nnc2c(-c3ccccc3)cnn12. The molecule has 27 heavy (non-hydrogen) atoms. The van der Waals surface area contributed by atoms with Gasteiger partial charge >= 0.3 is 0 Å². The van der Waals surface area contributed by atoms with Crippen LogP contribution < -0.4 is 5.73 Å². The van der Waals surface area contributed by atoms with Crippen molar-refractivity contribution in [1.29, 1.82) is 0 Å². The second-order valence-electron chi connectivity index (χ2n) is 6.00. The molecule has 2 aromatic carbocycles. The number of hydrogen-bond acceptors (Lipinski definition) is 6. The predicted octanol–water partition coefficient (Wildman–Crippen LogP) is 4.16. The van der Waals surface area contributed by atoms with Crippen molar-refractivity contribution in [2.24, 2.45) is 0 Å². The number of nitrogen functional groups attached to an aromatic ring is 1. The van der Waals surface area contributed by atoms with Gasteiger partial charge in [0.05, 0.1) is 11.9 Å². The Bertz CT molecular complexity index is 1230. The van der Waals surface area contributed by atoms with Gasteiger partial charge in [0.25, 0.3) is 0 Å². The van der Waals surface area contributed by atoms with E-state index in [0.29, 0.717) is 17.2 Å². The number of anilines is 1. The monoisotopic (exact) mass is 370 g/mol. The summed E-state index contributed by atoms with van der Waals surface area (Å²) < 4.78 is 1.62. The first-order chi connectivity index (χ1) is 13.3. The van der Waals surface area contributed by atoms with Gasteiger partial charge in [-0.25, -0.2) is 4.98 Å². The lowest BCUT2D eigenvalue weighted by Crippen LogP contribution is -2.05. The molecular weight excluding hydrogens is 356 g/mol. The van der Waals surface area contributed by atoms with E-state index in [1.165, 1.54) is 11.3 Å². The summed E-state index contributed by atoms with van der Waals surface area (Å²) in [5.74, 6) is 0.427. The Morgan fingerprint density at radius 2 is 1.56 bits per heavy atom. The van der Waals surface area contributed by atoms with Gasteiger partial charge in [-0.1, -0.05) is 60.7 Å². The maximum Gasteiger partial charge on any atom is 0.187 e. The summed E-state index contributed by atoms with van der Waals surface area (Å²) in [6, 6.07) is 20.0. The van der Waals surface area contributed by atoms with Gasteiger partial charge in [-0.3, -0.25) is 0 Å². The molecule has 0 aliphatic rings. The van der Waals surface area contributed by atoms with Crippen LogP contribution in [0, 0.1) is 0 Å². The number of nitrogens with zero attached hydrogens (tertiary/aromatic N) is 5. The summed E-state index contributed by atoms with van der Waals surface area (Å²) in [7, 11) is 0. The lowest BCUT2D eigenvalue weighted by molar-refractivity contribution is 0.906. The number of benzene rings is 2. The summed E-state index contributed by atoms with van der Waals surface area (Å²) in [6.45, 7) is 0. The molecule has 3 heterocycles. The normalized spacial score (nSPS) is 11.1. The van der Waals surface area contributed by atoms with Crippen molar-refractivity contribution >= 4 is 22.8 Å². The van der Waals surface area contributed by atoms with Crippen LogP contribution in [0.5, 0.6) is 0 Å². The minimum atomic E-state index is 0.427. The van der Waals surface area contributed by atoms with Gasteiger partial charge in [-0.05, 0) is 5.56 Å². The van der Waals surface area contributed by atoms with Gasteiger partial charge < -0.3 is 5.73 Å². The minimum Gasteiger partial charge on any atom is -0.382 e. The lowest BCUT2D eigenvalue weighted by atomic mass is 10.1. The van der Waals surface area contributed by atoms with Gasteiger partial charge in [0.15, 0.2) is 17.2 Å². The second kappa shape index (κ2) is 6.30. The fraction of sp³-hybridized carbons (Fsp3) is 0. The van der Waals surface area contributed by atoms with E-state index in [-0.39, 0.29) is 0 Å². The van der Waals surface area contributed by atoms with E-state index in [0.717, 1.165) is 27.4 Å². The molecule has 0 unspecified atom stereocenters. The molecule has 3 aromatic heterocycles. The highest BCUT2D eigenvalue weighted by Gasteiger charge is 2.17. The standard InChI is InChI=1S/C20H14N6S/c21-18-17(20-23-16(12-27-20)14-9-5-2-6-10-14)24-25-19-15(11-22-26(18)19)13-7-3-1-4-8-13/h1-12H,21H2. The van der Waals surface area contributed by atoms with Crippen molar-refractivity contribution in [2.75, 3.05) is 5.73 Å². The molecule has 0 fully saturated rings. The highest BCUT2D eigenvalue weighted by Crippen LogP contribution is 2.32. The fourth-order valence-electron chi connectivity index (χ4n) is 2.96. The van der Waals surface area contributed by atoms with Crippen LogP contribution in [0.3, 0.4) is 0 Å². The summed E-state index contributed by atoms with van der Waals surface area (Å²) >= 11 is 1.49. The fourth-order valence-corrected chi connectivity index (χ4v) is 3.78. The van der Waals surface area contributed by atoms with E-state index >= 15 is 0 Å². The average Bonchev–Trinajstić information content (AvgIpc) is 3.37. The minimum absolute atomic E-state index is 0.427. The van der Waals surface area contributed by atoms with Crippen molar-refractivity contribution < 1.29 is 0 Å². The van der Waals surface area contributed by atoms with Gasteiger partial charge in [0, 0.05) is 16.5 Å². The zero-order chi connectivity index (χ0) is 18.2. The van der Waals surface area contributed by atoms with Crippen LogP contribution in [-0.2, 0) is 0 Å². The molecule has 0 saturated carbocycles. The summed E-state index contributed by atoms with van der Waals surface area (Å²) in [4.78, 5) is 4.68. The number of nitrogens with two attached hydrogens (primary N) is 1. The molecule has 0 aliphatic carbocycles. The van der Waals surface area contributed by atoms with Gasteiger partial charge in [0.2, 0.25) is 0 Å². The third-order valence-corrected chi connectivity index (χ3v) is 5.17. The van der Waals surface area contributed by atoms with Crippen LogP contribution >= 0.6 is 11.3 Å². The van der Waals surface area contributed by atoms with E-state index in [4.69, 9.17) is 5.73 Å². The van der Waals surface area contributed by atoms with Crippen LogP contribution in [0.25, 0.3) is 38.7 Å². The maximum absolute atomic E-state index is 6.35. The van der Waals surface area contributed by atoms with E-state index in [9.17, 15) is 0 Å². The molecule has 0 spiro atoms. The first kappa shape index (κ1) is 15.7. The topological polar surface area (TPSA) is 82.0 Å². The van der Waals surface area contributed by atoms with Gasteiger partial charge in [-0.15, -0.1) is 21.5 Å². The van der Waals surface area contributed by atoms with Crippen LogP contribution in [0.15, 0.2) is 72.2 Å². The van der Waals surface area contributed by atoms with Crippen molar-refractivity contribution in [1.82, 2.24) is 24.8 Å². The second-order valence-corrected chi connectivity index (χ2v) is 6.86. The van der Waals surface area contributed by atoms with Crippen LogP contribution in [0.4, 0.5) is 5.82 Å². The Balaban J connectivity index is 1.60. The third-order valence-electron chi connectivity index (χ3n) is 4.32. The van der Waals surface area contributed by atoms with Gasteiger partial charge in [0.1, 0.15) is 5.01 Å². The molecule has 5 aromatic rings. The molecule has 0 bridgehead atoms. The highest BCUT2D eigenvalue weighted by molar-refractivity contribution is 7.13. The molecule has 130 valence electrons. The first-order valence-electron chi connectivity index (χ1n) is 8.38. The van der Waals surface area contributed by atoms with Crippen LogP contribution in [-0.4, -0.2) is 24.8 Å². The van der Waals surface area contributed by atoms with E-state index in [2.05, 4.69) is 20.3 Å². The summed E-state index contributed by atoms with van der Waals surface area (Å²) in [5.41, 5.74) is 11.4. The Morgan fingerprint density at radius 3 is 2.30 bits per heavy atom. The Kier molecular flexibility index (Phi) is 3.65. The number of aromatic nitrogens is 5. The zero-order valence-corrected chi connectivity index (χ0v) is 15.0. The molecule has 2 N–H and O–H groups in total. The largest absolute Gasteiger partial charge is 0.382 e. The molecule has 0 aliphatic heterocycles. The molecule has 0 saturated heterocycles. The number of fused-ring (bicyclic) bond motifs is 1. The van der Waals surface area contributed by atoms with E-state index in [1.54, 1.807) is 10.7 Å². The molecular formula is C20H14N6S. The van der Waals surface area contributed by atoms with E-state index < -0.39 is 0 Å². The number of rotatable bonds is 3. The average molecular weight is 370 g/mol. The summed E-state index contributed by atoms with van der Waals surface area (Å²) in [5, 5.41) is 15.9. The molecule has 7 heteroatoms. The van der Waals surface area contributed by atoms with Crippen molar-refractivity contribution in [3.63, 3.8) is 0 Å². The molecule has 0 amide bonds. The molecule has 5 rings (SSSR count). The van der Waals surface area contributed by atoms with Crippen molar-refractivity contribution in [2.45, 2.75) is 0 Å². The molecule has 0 atom stereocenters. The number of thiazole rings is 1. The Morgan fingerprint density at radius 1 is 0.852 bits per heavy atom. The van der Waals surface area contributed by atoms with Crippen molar-refractivity contribution in [3.8, 4) is 33.1 Å². The molecule has 0 radical (unpaired) electrons. The molecule has 6 nitrogen and oxygen atoms in total. The quantitative estimate of drug-likeness (QED) is 0.515. The smallest absolute Gasteiger partial charge is 0.187 e. The van der Waals surface area contributed by atoms with Gasteiger partial charge in [-0.2, -0.15) is 9.61 Å². The lowest BCUT2D eigenvalue weighted by Gasteiger charge is -2.04. The summed E-state index contributed by atoms with van der Waals surface area (Å²) in [6.07, 6.45) is 1.76. The maximum atomic E-state index is 6.35. The van der Waals surface area contributed by atoms with Crippen LogP contribution in [0.2, 0.25) is 0 Å². The van der Waals surface area contributed by atoms with Crippen molar-refractivity contribution in [3.05, 3.63) is 72.2 Å². The van der Waals surface area contributed by atoms with E-state index in [1.807, 2.05) is 66.0 Å². The van der Waals surface area contributed by atoms with Crippen LogP contribution in [0.1, 0.15) is 0 Å². The Hall–Kier alpha value is -3.58. The first-order valence-corrected chi connectivity index (χ1v) is 9.26. The zero-order valence-electron chi connectivity index (χ0n) is 14.1. The Labute approximate surface area is 159 Å². The predicted molar refractivity (Wildman–Crippen MR) is 107 cm³/mol. The third kappa shape index (κ3) is 2.65.